The molecule has 0 heterocycles. The third kappa shape index (κ3) is 3.20. The van der Waals surface area contributed by atoms with Crippen molar-refractivity contribution < 1.29 is 9.84 Å². The maximum atomic E-state index is 8.91. The molecule has 3 rings (SSSR count). The SMILES string of the molecule is OCCC#Cc1c(OCC2CCC2)ccc2ccccc12. The molecule has 1 aliphatic rings. The second kappa shape index (κ2) is 6.65. The highest BCUT2D eigenvalue weighted by molar-refractivity contribution is 5.90. The minimum Gasteiger partial charge on any atom is -0.492 e. The van der Waals surface area contributed by atoms with E-state index in [1.54, 1.807) is 0 Å². The largest absolute Gasteiger partial charge is 0.492 e. The Labute approximate surface area is 125 Å². The van der Waals surface area contributed by atoms with Gasteiger partial charge in [-0.15, -0.1) is 0 Å². The Kier molecular flexibility index (Phi) is 4.43. The zero-order valence-corrected chi connectivity index (χ0v) is 12.1. The normalized spacial score (nSPS) is 14.3. The van der Waals surface area contributed by atoms with Gasteiger partial charge in [-0.05, 0) is 30.2 Å². The van der Waals surface area contributed by atoms with E-state index in [-0.39, 0.29) is 6.61 Å². The van der Waals surface area contributed by atoms with Crippen molar-refractivity contribution in [2.75, 3.05) is 13.2 Å². The molecule has 1 aliphatic carbocycles. The van der Waals surface area contributed by atoms with Crippen LogP contribution in [0, 0.1) is 17.8 Å². The van der Waals surface area contributed by atoms with Gasteiger partial charge in [0, 0.05) is 11.8 Å². The highest BCUT2D eigenvalue weighted by Gasteiger charge is 2.18. The quantitative estimate of drug-likeness (QED) is 0.864. The second-order valence-electron chi connectivity index (χ2n) is 5.54. The Bertz CT molecular complexity index is 675. The van der Waals surface area contributed by atoms with Crippen LogP contribution in [0.1, 0.15) is 31.2 Å². The first-order valence-electron chi connectivity index (χ1n) is 7.63. The van der Waals surface area contributed by atoms with E-state index in [9.17, 15) is 0 Å². The lowest BCUT2D eigenvalue weighted by Gasteiger charge is -2.25. The lowest BCUT2D eigenvalue weighted by molar-refractivity contribution is 0.180. The summed E-state index contributed by atoms with van der Waals surface area (Å²) >= 11 is 0. The third-order valence-corrected chi connectivity index (χ3v) is 4.04. The molecule has 1 fully saturated rings. The maximum Gasteiger partial charge on any atom is 0.135 e. The zero-order chi connectivity index (χ0) is 14.5. The summed E-state index contributed by atoms with van der Waals surface area (Å²) in [6.45, 7) is 0.878. The van der Waals surface area contributed by atoms with E-state index in [1.807, 2.05) is 18.2 Å². The van der Waals surface area contributed by atoms with Crippen LogP contribution in [-0.2, 0) is 0 Å². The molecule has 0 bridgehead atoms. The van der Waals surface area contributed by atoms with Crippen LogP contribution in [0.25, 0.3) is 10.8 Å². The number of hydrogen-bond donors (Lipinski definition) is 1. The van der Waals surface area contributed by atoms with Gasteiger partial charge < -0.3 is 9.84 Å². The summed E-state index contributed by atoms with van der Waals surface area (Å²) in [7, 11) is 0. The van der Waals surface area contributed by atoms with Crippen molar-refractivity contribution in [1.82, 2.24) is 0 Å². The summed E-state index contributed by atoms with van der Waals surface area (Å²) < 4.78 is 6.01. The van der Waals surface area contributed by atoms with Gasteiger partial charge in [-0.2, -0.15) is 0 Å². The Morgan fingerprint density at radius 1 is 1.14 bits per heavy atom. The molecule has 21 heavy (non-hydrogen) atoms. The van der Waals surface area contributed by atoms with Gasteiger partial charge in [0.1, 0.15) is 5.75 Å². The number of aliphatic hydroxyl groups is 1. The summed E-state index contributed by atoms with van der Waals surface area (Å²) in [6, 6.07) is 12.3. The van der Waals surface area contributed by atoms with E-state index >= 15 is 0 Å². The molecule has 0 aromatic heterocycles. The Hall–Kier alpha value is -1.98. The van der Waals surface area contributed by atoms with Crippen molar-refractivity contribution in [3.8, 4) is 17.6 Å². The molecule has 108 valence electrons. The van der Waals surface area contributed by atoms with Gasteiger partial charge in [-0.1, -0.05) is 48.6 Å². The first kappa shape index (κ1) is 14.0. The maximum absolute atomic E-state index is 8.91. The van der Waals surface area contributed by atoms with E-state index in [4.69, 9.17) is 9.84 Å². The van der Waals surface area contributed by atoms with Crippen LogP contribution in [0.5, 0.6) is 5.75 Å². The highest BCUT2D eigenvalue weighted by atomic mass is 16.5. The standard InChI is InChI=1S/C19H20O2/c20-13-4-3-10-18-17-9-2-1-8-16(17)11-12-19(18)21-14-15-6-5-7-15/h1-2,8-9,11-12,15,20H,4-7,13-14H2. The summed E-state index contributed by atoms with van der Waals surface area (Å²) in [4.78, 5) is 0. The monoisotopic (exact) mass is 280 g/mol. The van der Waals surface area contributed by atoms with Gasteiger partial charge in [0.25, 0.3) is 0 Å². The molecule has 0 unspecified atom stereocenters. The molecule has 2 heteroatoms. The zero-order valence-electron chi connectivity index (χ0n) is 12.1. The molecule has 1 saturated carbocycles. The van der Waals surface area contributed by atoms with Crippen molar-refractivity contribution in [3.63, 3.8) is 0 Å². The Balaban J connectivity index is 1.93. The fourth-order valence-corrected chi connectivity index (χ4v) is 2.57. The molecule has 0 atom stereocenters. The van der Waals surface area contributed by atoms with Crippen LogP contribution in [0.3, 0.4) is 0 Å². The minimum atomic E-state index is 0.0933. The topological polar surface area (TPSA) is 29.5 Å². The average molecular weight is 280 g/mol. The molecular weight excluding hydrogens is 260 g/mol. The number of hydrogen-bond acceptors (Lipinski definition) is 2. The predicted octanol–water partition coefficient (Wildman–Crippen LogP) is 3.75. The van der Waals surface area contributed by atoms with E-state index in [0.717, 1.165) is 23.3 Å². The van der Waals surface area contributed by atoms with Gasteiger partial charge >= 0.3 is 0 Å². The Morgan fingerprint density at radius 3 is 2.76 bits per heavy atom. The highest BCUT2D eigenvalue weighted by Crippen LogP contribution is 2.31. The average Bonchev–Trinajstić information content (AvgIpc) is 2.47. The molecule has 2 nitrogen and oxygen atoms in total. The molecule has 1 N–H and O–H groups in total. The van der Waals surface area contributed by atoms with Crippen LogP contribution < -0.4 is 4.74 Å². The number of benzene rings is 2. The summed E-state index contributed by atoms with van der Waals surface area (Å²) in [6.07, 6.45) is 4.37. The fraction of sp³-hybridized carbons (Fsp3) is 0.368. The van der Waals surface area contributed by atoms with Gasteiger partial charge in [-0.25, -0.2) is 0 Å². The van der Waals surface area contributed by atoms with Crippen LogP contribution in [0.15, 0.2) is 36.4 Å². The molecule has 0 radical (unpaired) electrons. The molecule has 2 aromatic carbocycles. The predicted molar refractivity (Wildman–Crippen MR) is 85.4 cm³/mol. The lowest BCUT2D eigenvalue weighted by atomic mass is 9.86. The molecule has 0 spiro atoms. The van der Waals surface area contributed by atoms with Crippen LogP contribution in [0.2, 0.25) is 0 Å². The summed E-state index contributed by atoms with van der Waals surface area (Å²) in [5, 5.41) is 11.2. The molecule has 2 aromatic rings. The summed E-state index contributed by atoms with van der Waals surface area (Å²) in [5.74, 6) is 7.77. The minimum absolute atomic E-state index is 0.0933. The van der Waals surface area contributed by atoms with Crippen molar-refractivity contribution in [3.05, 3.63) is 42.0 Å². The van der Waals surface area contributed by atoms with Crippen molar-refractivity contribution >= 4 is 10.8 Å². The molecule has 0 amide bonds. The van der Waals surface area contributed by atoms with Crippen LogP contribution >= 0.6 is 0 Å². The lowest BCUT2D eigenvalue weighted by Crippen LogP contribution is -2.19. The fourth-order valence-electron chi connectivity index (χ4n) is 2.57. The van der Waals surface area contributed by atoms with Gasteiger partial charge in [0.05, 0.1) is 18.8 Å². The number of aliphatic hydroxyl groups excluding tert-OH is 1. The third-order valence-electron chi connectivity index (χ3n) is 4.04. The van der Waals surface area contributed by atoms with E-state index < -0.39 is 0 Å². The van der Waals surface area contributed by atoms with E-state index in [1.165, 1.54) is 24.6 Å². The van der Waals surface area contributed by atoms with E-state index in [2.05, 4.69) is 30.0 Å². The number of fused-ring (bicyclic) bond motifs is 1. The van der Waals surface area contributed by atoms with Crippen LogP contribution in [0.4, 0.5) is 0 Å². The second-order valence-corrected chi connectivity index (χ2v) is 5.54. The molecule has 0 saturated heterocycles. The van der Waals surface area contributed by atoms with E-state index in [0.29, 0.717) is 12.3 Å². The first-order valence-corrected chi connectivity index (χ1v) is 7.63. The van der Waals surface area contributed by atoms with Gasteiger partial charge in [0.15, 0.2) is 0 Å². The number of rotatable bonds is 4. The van der Waals surface area contributed by atoms with Gasteiger partial charge in [0.2, 0.25) is 0 Å². The Morgan fingerprint density at radius 2 is 2.00 bits per heavy atom. The van der Waals surface area contributed by atoms with Crippen molar-refractivity contribution in [2.24, 2.45) is 5.92 Å². The smallest absolute Gasteiger partial charge is 0.135 e. The molecular formula is C19H20O2. The first-order chi connectivity index (χ1) is 10.4. The van der Waals surface area contributed by atoms with Crippen molar-refractivity contribution in [1.29, 1.82) is 0 Å². The number of ether oxygens (including phenoxy) is 1. The van der Waals surface area contributed by atoms with Crippen LogP contribution in [-0.4, -0.2) is 18.3 Å². The van der Waals surface area contributed by atoms with Crippen molar-refractivity contribution in [2.45, 2.75) is 25.7 Å². The summed E-state index contributed by atoms with van der Waals surface area (Å²) in [5.41, 5.74) is 0.945. The van der Waals surface area contributed by atoms with Gasteiger partial charge in [-0.3, -0.25) is 0 Å². The molecule has 0 aliphatic heterocycles.